The summed E-state index contributed by atoms with van der Waals surface area (Å²) >= 11 is 0. The molecule has 118 valence electrons. The van der Waals surface area contributed by atoms with Crippen LogP contribution in [0, 0.1) is 24.1 Å². The van der Waals surface area contributed by atoms with Crippen molar-refractivity contribution in [2.24, 2.45) is 0 Å². The van der Waals surface area contributed by atoms with Gasteiger partial charge >= 0.3 is 0 Å². The Labute approximate surface area is 134 Å². The SMILES string of the molecule is COc1ccc(/C=C(\C#N)S(=O)(=O)c2ccc(C)cc2)cc1F. The van der Waals surface area contributed by atoms with Crippen molar-refractivity contribution in [3.8, 4) is 11.8 Å². The van der Waals surface area contributed by atoms with Crippen molar-refractivity contribution in [1.29, 1.82) is 5.26 Å². The van der Waals surface area contributed by atoms with Crippen LogP contribution in [0.15, 0.2) is 52.3 Å². The third-order valence-corrected chi connectivity index (χ3v) is 4.89. The van der Waals surface area contributed by atoms with Gasteiger partial charge in [0, 0.05) is 0 Å². The van der Waals surface area contributed by atoms with Crippen LogP contribution in [0.3, 0.4) is 0 Å². The van der Waals surface area contributed by atoms with E-state index in [0.717, 1.165) is 17.7 Å². The zero-order valence-corrected chi connectivity index (χ0v) is 13.4. The van der Waals surface area contributed by atoms with E-state index in [1.54, 1.807) is 18.2 Å². The number of methoxy groups -OCH3 is 1. The fourth-order valence-corrected chi connectivity index (χ4v) is 3.10. The van der Waals surface area contributed by atoms with Gasteiger partial charge in [0.25, 0.3) is 0 Å². The van der Waals surface area contributed by atoms with Gasteiger partial charge in [-0.1, -0.05) is 23.8 Å². The van der Waals surface area contributed by atoms with E-state index in [0.29, 0.717) is 0 Å². The number of nitrogens with zero attached hydrogens (tertiary/aromatic N) is 1. The van der Waals surface area contributed by atoms with Gasteiger partial charge in [0.05, 0.1) is 12.0 Å². The normalized spacial score (nSPS) is 11.8. The molecule has 4 nitrogen and oxygen atoms in total. The lowest BCUT2D eigenvalue weighted by Crippen LogP contribution is -2.03. The molecule has 0 amide bonds. The fraction of sp³-hybridized carbons (Fsp3) is 0.118. The maximum atomic E-state index is 13.7. The standard InChI is InChI=1S/C17H14FNO3S/c1-12-3-6-14(7-4-12)23(20,21)15(11-19)9-13-5-8-17(22-2)16(18)10-13/h3-10H,1-2H3/b15-9+. The Morgan fingerprint density at radius 3 is 2.39 bits per heavy atom. The molecule has 0 aliphatic heterocycles. The monoisotopic (exact) mass is 331 g/mol. The summed E-state index contributed by atoms with van der Waals surface area (Å²) in [6.07, 6.45) is 1.14. The number of aryl methyl sites for hydroxylation is 1. The average Bonchev–Trinajstić information content (AvgIpc) is 2.53. The van der Waals surface area contributed by atoms with Gasteiger partial charge in [0.2, 0.25) is 9.84 Å². The van der Waals surface area contributed by atoms with Crippen LogP contribution in [0.1, 0.15) is 11.1 Å². The molecule has 0 bridgehead atoms. The zero-order valence-electron chi connectivity index (χ0n) is 12.6. The first-order chi connectivity index (χ1) is 10.9. The van der Waals surface area contributed by atoms with Crippen LogP contribution < -0.4 is 4.74 Å². The molecule has 2 rings (SSSR count). The van der Waals surface area contributed by atoms with Crippen molar-refractivity contribution >= 4 is 15.9 Å². The third kappa shape index (κ3) is 3.58. The second-order valence-corrected chi connectivity index (χ2v) is 6.75. The van der Waals surface area contributed by atoms with Crippen molar-refractivity contribution in [1.82, 2.24) is 0 Å². The first kappa shape index (κ1) is 16.7. The highest BCUT2D eigenvalue weighted by Crippen LogP contribution is 2.24. The minimum atomic E-state index is -3.95. The molecule has 0 aliphatic carbocycles. The van der Waals surface area contributed by atoms with Crippen molar-refractivity contribution in [3.63, 3.8) is 0 Å². The lowest BCUT2D eigenvalue weighted by atomic mass is 10.2. The molecule has 0 N–H and O–H groups in total. The van der Waals surface area contributed by atoms with Crippen LogP contribution in [-0.2, 0) is 9.84 Å². The number of halogens is 1. The molecular formula is C17H14FNO3S. The molecule has 0 unspecified atom stereocenters. The summed E-state index contributed by atoms with van der Waals surface area (Å²) in [4.78, 5) is -0.434. The number of ether oxygens (including phenoxy) is 1. The molecule has 2 aromatic rings. The molecule has 0 heterocycles. The predicted molar refractivity (Wildman–Crippen MR) is 84.9 cm³/mol. The second kappa shape index (κ2) is 6.63. The molecule has 0 radical (unpaired) electrons. The van der Waals surface area contributed by atoms with E-state index in [2.05, 4.69) is 0 Å². The molecule has 0 saturated heterocycles. The zero-order chi connectivity index (χ0) is 17.0. The summed E-state index contributed by atoms with van der Waals surface area (Å²) < 4.78 is 43.4. The van der Waals surface area contributed by atoms with Crippen LogP contribution in [-0.4, -0.2) is 15.5 Å². The molecule has 0 aromatic heterocycles. The molecule has 23 heavy (non-hydrogen) atoms. The average molecular weight is 331 g/mol. The highest BCUT2D eigenvalue weighted by atomic mass is 32.2. The van der Waals surface area contributed by atoms with Gasteiger partial charge in [-0.25, -0.2) is 12.8 Å². The topological polar surface area (TPSA) is 67.2 Å². The quantitative estimate of drug-likeness (QED) is 0.805. The molecule has 0 saturated carbocycles. The minimum absolute atomic E-state index is 0.0184. The van der Waals surface area contributed by atoms with Gasteiger partial charge in [-0.2, -0.15) is 5.26 Å². The number of nitriles is 1. The number of allylic oxidation sites excluding steroid dienone is 1. The number of rotatable bonds is 4. The Balaban J connectivity index is 2.48. The Kier molecular flexibility index (Phi) is 4.82. The molecule has 0 aliphatic rings. The lowest BCUT2D eigenvalue weighted by molar-refractivity contribution is 0.386. The van der Waals surface area contributed by atoms with Crippen molar-refractivity contribution in [2.75, 3.05) is 7.11 Å². The first-order valence-electron chi connectivity index (χ1n) is 6.65. The van der Waals surface area contributed by atoms with E-state index < -0.39 is 20.6 Å². The van der Waals surface area contributed by atoms with Gasteiger partial charge in [0.15, 0.2) is 11.6 Å². The van der Waals surface area contributed by atoms with E-state index in [9.17, 15) is 18.1 Å². The van der Waals surface area contributed by atoms with Gasteiger partial charge < -0.3 is 4.74 Å². The van der Waals surface area contributed by atoms with Gasteiger partial charge in [-0.15, -0.1) is 0 Å². The molecule has 0 fully saturated rings. The predicted octanol–water partition coefficient (Wildman–Crippen LogP) is 3.48. The Hall–Kier alpha value is -2.65. The number of hydrogen-bond donors (Lipinski definition) is 0. The van der Waals surface area contributed by atoms with Gasteiger partial charge in [-0.3, -0.25) is 0 Å². The summed E-state index contributed by atoms with van der Waals surface area (Å²) in [7, 11) is -2.62. The van der Waals surface area contributed by atoms with Crippen molar-refractivity contribution in [2.45, 2.75) is 11.8 Å². The minimum Gasteiger partial charge on any atom is -0.494 e. The first-order valence-corrected chi connectivity index (χ1v) is 8.14. The third-order valence-electron chi connectivity index (χ3n) is 3.20. The van der Waals surface area contributed by atoms with Crippen LogP contribution in [0.2, 0.25) is 0 Å². The summed E-state index contributed by atoms with van der Waals surface area (Å²) in [5.74, 6) is -0.590. The Bertz CT molecular complexity index is 894. The number of sulfone groups is 1. The van der Waals surface area contributed by atoms with Crippen LogP contribution in [0.4, 0.5) is 4.39 Å². The maximum Gasteiger partial charge on any atom is 0.216 e. The van der Waals surface area contributed by atoms with Crippen LogP contribution >= 0.6 is 0 Å². The summed E-state index contributed by atoms with van der Waals surface area (Å²) in [6.45, 7) is 1.83. The summed E-state index contributed by atoms with van der Waals surface area (Å²) in [5.41, 5.74) is 1.17. The largest absolute Gasteiger partial charge is 0.494 e. The van der Waals surface area contributed by atoms with Crippen molar-refractivity contribution in [3.05, 3.63) is 64.3 Å². The summed E-state index contributed by atoms with van der Waals surface area (Å²) in [6, 6.07) is 11.8. The smallest absolute Gasteiger partial charge is 0.216 e. The number of benzene rings is 2. The highest BCUT2D eigenvalue weighted by molar-refractivity contribution is 7.95. The van der Waals surface area contributed by atoms with E-state index in [4.69, 9.17) is 4.74 Å². The fourth-order valence-electron chi connectivity index (χ4n) is 1.94. The molecule has 6 heteroatoms. The highest BCUT2D eigenvalue weighted by Gasteiger charge is 2.20. The van der Waals surface area contributed by atoms with Crippen LogP contribution in [0.5, 0.6) is 5.75 Å². The van der Waals surface area contributed by atoms with E-state index in [-0.39, 0.29) is 16.2 Å². The molecule has 0 spiro atoms. The Morgan fingerprint density at radius 2 is 1.87 bits per heavy atom. The summed E-state index contributed by atoms with van der Waals surface area (Å²) in [5, 5.41) is 9.19. The van der Waals surface area contributed by atoms with Crippen LogP contribution in [0.25, 0.3) is 6.08 Å². The molecule has 2 aromatic carbocycles. The number of hydrogen-bond acceptors (Lipinski definition) is 4. The maximum absolute atomic E-state index is 13.7. The van der Waals surface area contributed by atoms with Crippen molar-refractivity contribution < 1.29 is 17.5 Å². The molecule has 0 atom stereocenters. The van der Waals surface area contributed by atoms with E-state index in [1.807, 2.05) is 6.92 Å². The second-order valence-electron chi connectivity index (χ2n) is 4.83. The lowest BCUT2D eigenvalue weighted by Gasteiger charge is -2.05. The van der Waals surface area contributed by atoms with Gasteiger partial charge in [0.1, 0.15) is 11.0 Å². The van der Waals surface area contributed by atoms with Gasteiger partial charge in [-0.05, 0) is 42.8 Å². The van der Waals surface area contributed by atoms with E-state index >= 15 is 0 Å². The molecular weight excluding hydrogens is 317 g/mol. The van der Waals surface area contributed by atoms with E-state index in [1.165, 1.54) is 31.4 Å². The Morgan fingerprint density at radius 1 is 1.22 bits per heavy atom.